The lowest BCUT2D eigenvalue weighted by molar-refractivity contribution is 0.382. The molecule has 21 heavy (non-hydrogen) atoms. The molecule has 2 aromatic carbocycles. The van der Waals surface area contributed by atoms with E-state index in [1.165, 1.54) is 20.3 Å². The van der Waals surface area contributed by atoms with E-state index in [9.17, 15) is 4.39 Å². The van der Waals surface area contributed by atoms with Gasteiger partial charge < -0.3 is 19.9 Å². The molecule has 2 rings (SSSR count). The third-order valence-electron chi connectivity index (χ3n) is 3.03. The summed E-state index contributed by atoms with van der Waals surface area (Å²) in [4.78, 5) is 0. The largest absolute Gasteiger partial charge is 0.496 e. The summed E-state index contributed by atoms with van der Waals surface area (Å²) in [5.74, 6) is 1.18. The van der Waals surface area contributed by atoms with Crippen LogP contribution in [-0.4, -0.2) is 14.2 Å². The standard InChI is InChI=1S/C16H18FNO3/c1-10(18)14-5-4-6-15(17)16(14)21-13-8-11(19-2)7-12(9-13)20-3/h4-10H,18H2,1-3H3/t10-/m1/s1. The predicted molar refractivity (Wildman–Crippen MR) is 78.6 cm³/mol. The average Bonchev–Trinajstić information content (AvgIpc) is 2.48. The summed E-state index contributed by atoms with van der Waals surface area (Å²) in [6, 6.07) is 9.34. The van der Waals surface area contributed by atoms with Gasteiger partial charge in [0.15, 0.2) is 11.6 Å². The van der Waals surface area contributed by atoms with Crippen LogP contribution < -0.4 is 19.9 Å². The summed E-state index contributed by atoms with van der Waals surface area (Å²) in [7, 11) is 3.07. The van der Waals surface area contributed by atoms with Gasteiger partial charge in [0.1, 0.15) is 17.2 Å². The van der Waals surface area contributed by atoms with E-state index in [1.54, 1.807) is 37.3 Å². The third kappa shape index (κ3) is 3.44. The highest BCUT2D eigenvalue weighted by atomic mass is 19.1. The Hall–Kier alpha value is -2.27. The van der Waals surface area contributed by atoms with Crippen LogP contribution >= 0.6 is 0 Å². The molecule has 112 valence electrons. The molecule has 0 unspecified atom stereocenters. The maximum absolute atomic E-state index is 14.0. The van der Waals surface area contributed by atoms with E-state index in [4.69, 9.17) is 19.9 Å². The molecule has 0 saturated heterocycles. The Morgan fingerprint density at radius 3 is 2.10 bits per heavy atom. The Balaban J connectivity index is 2.42. The van der Waals surface area contributed by atoms with Crippen molar-refractivity contribution in [2.45, 2.75) is 13.0 Å². The van der Waals surface area contributed by atoms with Crippen LogP contribution in [0.1, 0.15) is 18.5 Å². The molecule has 0 fully saturated rings. The first-order valence-corrected chi connectivity index (χ1v) is 6.50. The number of nitrogens with two attached hydrogens (primary N) is 1. The van der Waals surface area contributed by atoms with E-state index in [1.807, 2.05) is 0 Å². The second-order valence-electron chi connectivity index (χ2n) is 4.60. The first-order valence-electron chi connectivity index (χ1n) is 6.50. The number of benzene rings is 2. The molecule has 0 aliphatic rings. The smallest absolute Gasteiger partial charge is 0.167 e. The molecule has 0 aliphatic carbocycles. The zero-order valence-corrected chi connectivity index (χ0v) is 12.2. The van der Waals surface area contributed by atoms with Gasteiger partial charge in [0, 0.05) is 29.8 Å². The van der Waals surface area contributed by atoms with Crippen molar-refractivity contribution >= 4 is 0 Å². The van der Waals surface area contributed by atoms with Crippen molar-refractivity contribution in [3.05, 3.63) is 47.8 Å². The molecule has 1 atom stereocenters. The Morgan fingerprint density at radius 2 is 1.57 bits per heavy atom. The van der Waals surface area contributed by atoms with Gasteiger partial charge in [-0.1, -0.05) is 12.1 Å². The van der Waals surface area contributed by atoms with E-state index in [0.717, 1.165) is 0 Å². The molecule has 0 spiro atoms. The van der Waals surface area contributed by atoms with E-state index >= 15 is 0 Å². The molecule has 0 amide bonds. The molecule has 2 aromatic rings. The summed E-state index contributed by atoms with van der Waals surface area (Å²) in [5.41, 5.74) is 6.45. The molecular formula is C16H18FNO3. The summed E-state index contributed by atoms with van der Waals surface area (Å²) < 4.78 is 30.0. The van der Waals surface area contributed by atoms with Crippen LogP contribution in [0, 0.1) is 5.82 Å². The van der Waals surface area contributed by atoms with Crippen LogP contribution in [0.15, 0.2) is 36.4 Å². The first-order chi connectivity index (χ1) is 10.0. The fourth-order valence-corrected chi connectivity index (χ4v) is 1.95. The van der Waals surface area contributed by atoms with Gasteiger partial charge in [-0.25, -0.2) is 4.39 Å². The van der Waals surface area contributed by atoms with Gasteiger partial charge in [-0.3, -0.25) is 0 Å². The van der Waals surface area contributed by atoms with Crippen LogP contribution in [-0.2, 0) is 0 Å². The lowest BCUT2D eigenvalue weighted by atomic mass is 10.1. The van der Waals surface area contributed by atoms with Crippen molar-refractivity contribution in [3.63, 3.8) is 0 Å². The molecule has 5 heteroatoms. The van der Waals surface area contributed by atoms with Crippen molar-refractivity contribution in [1.82, 2.24) is 0 Å². The Labute approximate surface area is 123 Å². The number of ether oxygens (including phenoxy) is 3. The minimum absolute atomic E-state index is 0.114. The van der Waals surface area contributed by atoms with Gasteiger partial charge >= 0.3 is 0 Å². The van der Waals surface area contributed by atoms with Crippen molar-refractivity contribution in [1.29, 1.82) is 0 Å². The van der Waals surface area contributed by atoms with Crippen LogP contribution in [0.25, 0.3) is 0 Å². The summed E-state index contributed by atoms with van der Waals surface area (Å²) in [5, 5.41) is 0. The SMILES string of the molecule is COc1cc(OC)cc(Oc2c(F)cccc2[C@@H](C)N)c1. The molecule has 0 aromatic heterocycles. The molecule has 0 heterocycles. The second kappa shape index (κ2) is 6.45. The number of para-hydroxylation sites is 1. The monoisotopic (exact) mass is 291 g/mol. The predicted octanol–water partition coefficient (Wildman–Crippen LogP) is 3.65. The van der Waals surface area contributed by atoms with Gasteiger partial charge in [0.05, 0.1) is 14.2 Å². The van der Waals surface area contributed by atoms with Crippen molar-refractivity contribution in [2.75, 3.05) is 14.2 Å². The zero-order chi connectivity index (χ0) is 15.4. The maximum Gasteiger partial charge on any atom is 0.167 e. The van der Waals surface area contributed by atoms with Crippen LogP contribution in [0.4, 0.5) is 4.39 Å². The Morgan fingerprint density at radius 1 is 1.00 bits per heavy atom. The Kier molecular flexibility index (Phi) is 4.65. The van der Waals surface area contributed by atoms with Gasteiger partial charge in [-0.2, -0.15) is 0 Å². The zero-order valence-electron chi connectivity index (χ0n) is 12.2. The average molecular weight is 291 g/mol. The van der Waals surface area contributed by atoms with Crippen LogP contribution in [0.2, 0.25) is 0 Å². The summed E-state index contributed by atoms with van der Waals surface area (Å²) in [6.07, 6.45) is 0. The molecule has 4 nitrogen and oxygen atoms in total. The van der Waals surface area contributed by atoms with Crippen molar-refractivity contribution < 1.29 is 18.6 Å². The molecule has 0 bridgehead atoms. The maximum atomic E-state index is 14.0. The summed E-state index contributed by atoms with van der Waals surface area (Å²) in [6.45, 7) is 1.77. The van der Waals surface area contributed by atoms with Gasteiger partial charge in [-0.15, -0.1) is 0 Å². The molecule has 0 saturated carbocycles. The highest BCUT2D eigenvalue weighted by molar-refractivity contribution is 5.46. The molecule has 0 radical (unpaired) electrons. The van der Waals surface area contributed by atoms with Gasteiger partial charge in [0.2, 0.25) is 0 Å². The summed E-state index contributed by atoms with van der Waals surface area (Å²) >= 11 is 0. The molecule has 2 N–H and O–H groups in total. The van der Waals surface area contributed by atoms with E-state index in [-0.39, 0.29) is 11.8 Å². The van der Waals surface area contributed by atoms with Crippen molar-refractivity contribution in [3.8, 4) is 23.0 Å². The highest BCUT2D eigenvalue weighted by Gasteiger charge is 2.15. The third-order valence-corrected chi connectivity index (χ3v) is 3.03. The number of hydrogen-bond donors (Lipinski definition) is 1. The first kappa shape index (κ1) is 15.1. The molecular weight excluding hydrogens is 273 g/mol. The number of methoxy groups -OCH3 is 2. The number of hydrogen-bond acceptors (Lipinski definition) is 4. The van der Waals surface area contributed by atoms with Gasteiger partial charge in [0.25, 0.3) is 0 Å². The second-order valence-corrected chi connectivity index (χ2v) is 4.60. The molecule has 0 aliphatic heterocycles. The Bertz CT molecular complexity index is 607. The highest BCUT2D eigenvalue weighted by Crippen LogP contribution is 2.35. The van der Waals surface area contributed by atoms with Crippen molar-refractivity contribution in [2.24, 2.45) is 5.73 Å². The quantitative estimate of drug-likeness (QED) is 0.913. The number of rotatable bonds is 5. The van der Waals surface area contributed by atoms with E-state index < -0.39 is 5.82 Å². The fraction of sp³-hybridized carbons (Fsp3) is 0.250. The fourth-order valence-electron chi connectivity index (χ4n) is 1.95. The normalized spacial score (nSPS) is 11.9. The lowest BCUT2D eigenvalue weighted by Crippen LogP contribution is -2.07. The minimum atomic E-state index is -0.466. The number of halogens is 1. The van der Waals surface area contributed by atoms with Crippen LogP contribution in [0.3, 0.4) is 0 Å². The van der Waals surface area contributed by atoms with E-state index in [0.29, 0.717) is 22.8 Å². The van der Waals surface area contributed by atoms with E-state index in [2.05, 4.69) is 0 Å². The van der Waals surface area contributed by atoms with Crippen LogP contribution in [0.5, 0.6) is 23.0 Å². The van der Waals surface area contributed by atoms with Gasteiger partial charge in [-0.05, 0) is 13.0 Å². The lowest BCUT2D eigenvalue weighted by Gasteiger charge is -2.15. The minimum Gasteiger partial charge on any atom is -0.496 e. The topological polar surface area (TPSA) is 53.7 Å².